The Morgan fingerprint density at radius 1 is 0.337 bits per heavy atom. The molecule has 0 bridgehead atoms. The number of quaternary nitrogens is 1. The number of allylic oxidation sites excluding steroid dienone is 26. The lowest BCUT2D eigenvalue weighted by atomic mass is 10.0. The molecular formula is C82H138NO8P. The zero-order valence-corrected chi connectivity index (χ0v) is 60.6. The highest BCUT2D eigenvalue weighted by Crippen LogP contribution is 2.38. The molecule has 0 aromatic rings. The molecule has 0 aliphatic carbocycles. The highest BCUT2D eigenvalue weighted by atomic mass is 31.2. The second-order valence-electron chi connectivity index (χ2n) is 25.5. The van der Waals surface area contributed by atoms with Crippen LogP contribution in [0, 0.1) is 0 Å². The first kappa shape index (κ1) is 87.6. The molecule has 0 fully saturated rings. The average molecular weight is 1300 g/mol. The van der Waals surface area contributed by atoms with Gasteiger partial charge in [0.2, 0.25) is 0 Å². The fourth-order valence-electron chi connectivity index (χ4n) is 9.94. The molecule has 524 valence electrons. The van der Waals surface area contributed by atoms with E-state index in [4.69, 9.17) is 18.5 Å². The van der Waals surface area contributed by atoms with Crippen LogP contribution in [-0.4, -0.2) is 70.0 Å². The SMILES string of the molecule is CC/C=C\C/C=C\C/C=C\C/C=C\C/C=C\C/C=C\C/C=C\CCCCCCCCCCCCCCCCCC(=O)OC(COC(=O)CCCCCCCCCCCCCC/C=C\C/C=C\C/C=C\C/C=C\C/C=C\C/C=C\CC)COP(=O)([O-])OCC[N+](C)(C)C. The lowest BCUT2D eigenvalue weighted by Crippen LogP contribution is -2.37. The summed E-state index contributed by atoms with van der Waals surface area (Å²) in [5.41, 5.74) is 0. The molecule has 0 aliphatic rings. The van der Waals surface area contributed by atoms with Crippen LogP contribution in [0.2, 0.25) is 0 Å². The minimum atomic E-state index is -4.65. The van der Waals surface area contributed by atoms with Crippen LogP contribution in [0.1, 0.15) is 296 Å². The highest BCUT2D eigenvalue weighted by molar-refractivity contribution is 7.45. The summed E-state index contributed by atoms with van der Waals surface area (Å²) in [7, 11) is 1.16. The number of esters is 2. The Balaban J connectivity index is 4.05. The van der Waals surface area contributed by atoms with E-state index >= 15 is 0 Å². The van der Waals surface area contributed by atoms with Gasteiger partial charge in [-0.15, -0.1) is 0 Å². The van der Waals surface area contributed by atoms with E-state index in [0.29, 0.717) is 17.4 Å². The first-order chi connectivity index (χ1) is 45.0. The minimum absolute atomic E-state index is 0.0370. The van der Waals surface area contributed by atoms with Crippen LogP contribution in [0.5, 0.6) is 0 Å². The number of carbonyl (C=O) groups excluding carboxylic acids is 2. The monoisotopic (exact) mass is 1300 g/mol. The number of phosphoric acid groups is 1. The van der Waals surface area contributed by atoms with E-state index < -0.39 is 26.5 Å². The molecule has 0 aromatic heterocycles. The van der Waals surface area contributed by atoms with E-state index in [0.717, 1.165) is 128 Å². The van der Waals surface area contributed by atoms with Gasteiger partial charge in [-0.25, -0.2) is 0 Å². The van der Waals surface area contributed by atoms with Crippen molar-refractivity contribution in [3.8, 4) is 0 Å². The van der Waals surface area contributed by atoms with E-state index in [9.17, 15) is 19.0 Å². The summed E-state index contributed by atoms with van der Waals surface area (Å²) < 4.78 is 34.4. The van der Waals surface area contributed by atoms with Gasteiger partial charge in [-0.1, -0.05) is 320 Å². The van der Waals surface area contributed by atoms with Gasteiger partial charge in [-0.3, -0.25) is 14.2 Å². The zero-order chi connectivity index (χ0) is 66.9. The fraction of sp³-hybridized carbons (Fsp3) is 0.659. The van der Waals surface area contributed by atoms with E-state index in [1.165, 1.54) is 135 Å². The molecule has 0 heterocycles. The number of nitrogens with zero attached hydrogens (tertiary/aromatic N) is 1. The van der Waals surface area contributed by atoms with Crippen molar-refractivity contribution in [2.75, 3.05) is 47.5 Å². The van der Waals surface area contributed by atoms with Crippen molar-refractivity contribution in [1.82, 2.24) is 0 Å². The van der Waals surface area contributed by atoms with Crippen LogP contribution in [0.3, 0.4) is 0 Å². The summed E-state index contributed by atoms with van der Waals surface area (Å²) >= 11 is 0. The van der Waals surface area contributed by atoms with Crippen molar-refractivity contribution in [3.05, 3.63) is 158 Å². The molecule has 0 rings (SSSR count). The van der Waals surface area contributed by atoms with Crippen LogP contribution in [0.15, 0.2) is 158 Å². The third-order valence-electron chi connectivity index (χ3n) is 15.5. The maximum Gasteiger partial charge on any atom is 0.306 e. The Hall–Kier alpha value is -4.37. The van der Waals surface area contributed by atoms with Gasteiger partial charge in [0.05, 0.1) is 27.7 Å². The van der Waals surface area contributed by atoms with Gasteiger partial charge in [0.15, 0.2) is 6.10 Å². The Labute approximate surface area is 566 Å². The Morgan fingerprint density at radius 3 is 0.870 bits per heavy atom. The zero-order valence-electron chi connectivity index (χ0n) is 59.7. The Morgan fingerprint density at radius 2 is 0.587 bits per heavy atom. The molecule has 9 nitrogen and oxygen atoms in total. The molecule has 0 amide bonds. The Kier molecular flexibility index (Phi) is 67.6. The predicted molar refractivity (Wildman–Crippen MR) is 397 cm³/mol. The summed E-state index contributed by atoms with van der Waals surface area (Å²) in [6, 6.07) is 0. The molecule has 0 N–H and O–H groups in total. The van der Waals surface area contributed by atoms with Gasteiger partial charge >= 0.3 is 11.9 Å². The third kappa shape index (κ3) is 74.7. The number of ether oxygens (including phenoxy) is 2. The van der Waals surface area contributed by atoms with Crippen molar-refractivity contribution in [1.29, 1.82) is 0 Å². The predicted octanol–water partition coefficient (Wildman–Crippen LogP) is 24.1. The van der Waals surface area contributed by atoms with E-state index in [2.05, 4.69) is 172 Å². The summed E-state index contributed by atoms with van der Waals surface area (Å²) in [6.45, 7) is 4.02. The standard InChI is InChI=1S/C82H138NO8P/c1-6-8-10-12-14-16-18-20-22-24-26-28-30-32-34-36-38-39-40-41-42-43-45-47-49-51-53-55-57-59-61-63-65-67-69-71-73-75-82(85)91-80(79-90-92(86,87)89-77-76-83(3,4)5)78-88-81(84)74-72-70-68-66-64-62-60-58-56-54-52-50-48-46-44-37-35-33-31-29-27-25-23-21-19-17-15-13-11-9-7-2/h8-11,14-17,20-23,26-29,32-35,38-39,41-42,44,46,80H,6-7,12-13,18-19,24-25,30-31,36-37,40,43,45,47-79H2,1-5H3/b10-8-,11-9-,16-14-,17-15-,22-20-,23-21-,28-26-,29-27-,34-32-,35-33-,39-38-,42-41-,46-44-. The molecule has 0 spiro atoms. The summed E-state index contributed by atoms with van der Waals surface area (Å²) in [5.74, 6) is -0.836. The van der Waals surface area contributed by atoms with Gasteiger partial charge in [-0.05, 0) is 122 Å². The van der Waals surface area contributed by atoms with Crippen molar-refractivity contribution in [2.24, 2.45) is 0 Å². The summed E-state index contributed by atoms with van der Waals surface area (Å²) in [5, 5.41) is 0. The number of hydrogen-bond donors (Lipinski definition) is 0. The van der Waals surface area contributed by atoms with Gasteiger partial charge in [0.1, 0.15) is 19.8 Å². The van der Waals surface area contributed by atoms with E-state index in [1.807, 2.05) is 21.1 Å². The van der Waals surface area contributed by atoms with Gasteiger partial charge in [0.25, 0.3) is 7.82 Å². The second-order valence-corrected chi connectivity index (χ2v) is 27.0. The maximum absolute atomic E-state index is 12.9. The largest absolute Gasteiger partial charge is 0.756 e. The van der Waals surface area contributed by atoms with Crippen molar-refractivity contribution < 1.29 is 42.1 Å². The smallest absolute Gasteiger partial charge is 0.306 e. The second kappa shape index (κ2) is 70.9. The van der Waals surface area contributed by atoms with Gasteiger partial charge in [-0.2, -0.15) is 0 Å². The maximum atomic E-state index is 12.9. The van der Waals surface area contributed by atoms with E-state index in [1.54, 1.807) is 0 Å². The first-order valence-electron chi connectivity index (χ1n) is 37.2. The minimum Gasteiger partial charge on any atom is -0.756 e. The molecule has 2 unspecified atom stereocenters. The first-order valence-corrected chi connectivity index (χ1v) is 38.7. The quantitative estimate of drug-likeness (QED) is 0.0195. The van der Waals surface area contributed by atoms with Crippen molar-refractivity contribution in [2.45, 2.75) is 302 Å². The highest BCUT2D eigenvalue weighted by Gasteiger charge is 2.22. The number of unbranched alkanes of at least 4 members (excludes halogenated alkanes) is 27. The molecule has 2 atom stereocenters. The molecule has 0 aliphatic heterocycles. The number of rotatable bonds is 67. The number of phosphoric ester groups is 1. The Bertz CT molecular complexity index is 2110. The van der Waals surface area contributed by atoms with Crippen molar-refractivity contribution >= 4 is 19.8 Å². The van der Waals surface area contributed by atoms with E-state index in [-0.39, 0.29) is 32.0 Å². The number of likely N-dealkylation sites (N-methyl/N-ethyl adjacent to an activating group) is 1. The molecule has 10 heteroatoms. The average Bonchev–Trinajstić information content (AvgIpc) is 2.34. The lowest BCUT2D eigenvalue weighted by Gasteiger charge is -2.28. The number of carbonyl (C=O) groups is 2. The normalized spacial score (nSPS) is 14.0. The topological polar surface area (TPSA) is 111 Å². The number of hydrogen-bond acceptors (Lipinski definition) is 8. The molecule has 0 aromatic carbocycles. The third-order valence-corrected chi connectivity index (χ3v) is 16.5. The molecule has 0 saturated carbocycles. The van der Waals surface area contributed by atoms with Crippen LogP contribution in [0.4, 0.5) is 0 Å². The van der Waals surface area contributed by atoms with Crippen LogP contribution >= 0.6 is 7.82 Å². The van der Waals surface area contributed by atoms with Crippen LogP contribution in [-0.2, 0) is 32.7 Å². The summed E-state index contributed by atoms with van der Waals surface area (Å²) in [4.78, 5) is 38.1. The van der Waals surface area contributed by atoms with Gasteiger partial charge in [0, 0.05) is 12.8 Å². The van der Waals surface area contributed by atoms with Crippen molar-refractivity contribution in [3.63, 3.8) is 0 Å². The lowest BCUT2D eigenvalue weighted by molar-refractivity contribution is -0.870. The van der Waals surface area contributed by atoms with Crippen LogP contribution < -0.4 is 4.89 Å². The molecule has 92 heavy (non-hydrogen) atoms. The van der Waals surface area contributed by atoms with Gasteiger partial charge < -0.3 is 27.9 Å². The summed E-state index contributed by atoms with van der Waals surface area (Å²) in [6.07, 6.45) is 106. The molecule has 0 saturated heterocycles. The fourth-order valence-corrected chi connectivity index (χ4v) is 10.7. The molecular weight excluding hydrogens is 1160 g/mol. The van der Waals surface area contributed by atoms with Crippen LogP contribution in [0.25, 0.3) is 0 Å². The molecule has 0 radical (unpaired) electrons.